The second kappa shape index (κ2) is 11.1. The molecule has 0 amide bonds. The van der Waals surface area contributed by atoms with Crippen LogP contribution < -0.4 is 5.73 Å². The first kappa shape index (κ1) is 25.7. The number of aryl methyl sites for hydroxylation is 1. The summed E-state index contributed by atoms with van der Waals surface area (Å²) in [6.45, 7) is 8.09. The van der Waals surface area contributed by atoms with Gasteiger partial charge in [-0.05, 0) is 102 Å². The standard InChI is InChI=1S/C32H33FN2S/c1-20(2)8-9-22-10-12-24(13-11-22)30(25-14-17-29(34)28(19-25)32(33)35)31(23-6-5-7-23)27-16-15-26(36-4)18-21(27)3/h8-19,23,35H,1,5-7,34H2,2-4H3/b9-8+,31-30+,35-32?. The lowest BCUT2D eigenvalue weighted by molar-refractivity contribution is 0.401. The van der Waals surface area contributed by atoms with Gasteiger partial charge in [0.1, 0.15) is 0 Å². The highest BCUT2D eigenvalue weighted by Gasteiger charge is 2.28. The Morgan fingerprint density at radius 2 is 1.72 bits per heavy atom. The minimum atomic E-state index is -1.01. The van der Waals surface area contributed by atoms with E-state index in [1.807, 2.05) is 19.1 Å². The van der Waals surface area contributed by atoms with E-state index >= 15 is 0 Å². The van der Waals surface area contributed by atoms with Crippen LogP contribution in [0.2, 0.25) is 0 Å². The van der Waals surface area contributed by atoms with Crippen molar-refractivity contribution in [2.75, 3.05) is 12.0 Å². The van der Waals surface area contributed by atoms with Crippen molar-refractivity contribution in [1.82, 2.24) is 0 Å². The topological polar surface area (TPSA) is 49.9 Å². The molecule has 0 radical (unpaired) electrons. The monoisotopic (exact) mass is 496 g/mol. The van der Waals surface area contributed by atoms with Gasteiger partial charge in [-0.25, -0.2) is 0 Å². The minimum Gasteiger partial charge on any atom is -0.398 e. The maximum absolute atomic E-state index is 14.1. The van der Waals surface area contributed by atoms with Crippen molar-refractivity contribution in [3.8, 4) is 0 Å². The molecule has 2 nitrogen and oxygen atoms in total. The molecule has 4 heteroatoms. The molecule has 0 heterocycles. The number of rotatable bonds is 8. The van der Waals surface area contributed by atoms with Gasteiger partial charge in [-0.1, -0.05) is 67.1 Å². The lowest BCUT2D eigenvalue weighted by Crippen LogP contribution is -2.16. The zero-order chi connectivity index (χ0) is 25.8. The number of nitrogen functional groups attached to an aromatic ring is 1. The van der Waals surface area contributed by atoms with Crippen molar-refractivity contribution < 1.29 is 4.39 Å². The van der Waals surface area contributed by atoms with Crippen molar-refractivity contribution in [2.45, 2.75) is 38.0 Å². The van der Waals surface area contributed by atoms with Crippen LogP contribution >= 0.6 is 11.8 Å². The van der Waals surface area contributed by atoms with Crippen molar-refractivity contribution in [3.05, 3.63) is 112 Å². The van der Waals surface area contributed by atoms with Crippen molar-refractivity contribution in [2.24, 2.45) is 5.92 Å². The van der Waals surface area contributed by atoms with Crippen LogP contribution in [0.1, 0.15) is 59.6 Å². The summed E-state index contributed by atoms with van der Waals surface area (Å²) in [7, 11) is 0. The van der Waals surface area contributed by atoms with E-state index < -0.39 is 5.97 Å². The van der Waals surface area contributed by atoms with Crippen LogP contribution in [0.5, 0.6) is 0 Å². The molecule has 1 aliphatic carbocycles. The molecule has 1 fully saturated rings. The number of nitrogens with one attached hydrogen (secondary N) is 1. The maximum atomic E-state index is 14.1. The molecule has 0 aliphatic heterocycles. The van der Waals surface area contributed by atoms with Crippen LogP contribution in [0.3, 0.4) is 0 Å². The second-order valence-corrected chi connectivity index (χ2v) is 10.4. The number of anilines is 1. The zero-order valence-electron chi connectivity index (χ0n) is 21.2. The first-order chi connectivity index (χ1) is 17.3. The van der Waals surface area contributed by atoms with Gasteiger partial charge in [-0.2, -0.15) is 4.39 Å². The van der Waals surface area contributed by atoms with E-state index in [0.29, 0.717) is 5.92 Å². The highest BCUT2D eigenvalue weighted by molar-refractivity contribution is 7.98. The molecule has 0 atom stereocenters. The van der Waals surface area contributed by atoms with Crippen LogP contribution in [0.25, 0.3) is 17.2 Å². The molecular formula is C32H33FN2S. The summed E-state index contributed by atoms with van der Waals surface area (Å²) in [6.07, 6.45) is 9.61. The summed E-state index contributed by atoms with van der Waals surface area (Å²) >= 11 is 1.74. The Balaban J connectivity index is 1.99. The van der Waals surface area contributed by atoms with E-state index in [4.69, 9.17) is 11.1 Å². The number of allylic oxidation sites excluding steroid dienone is 3. The van der Waals surface area contributed by atoms with Gasteiger partial charge < -0.3 is 5.73 Å². The van der Waals surface area contributed by atoms with Gasteiger partial charge in [0.25, 0.3) is 0 Å². The lowest BCUT2D eigenvalue weighted by atomic mass is 9.72. The van der Waals surface area contributed by atoms with E-state index in [2.05, 4.69) is 68.3 Å². The third-order valence-corrected chi connectivity index (χ3v) is 7.57. The Labute approximate surface area is 218 Å². The number of nitrogens with two attached hydrogens (primary N) is 1. The molecule has 0 bridgehead atoms. The quantitative estimate of drug-likeness (QED) is 0.107. The van der Waals surface area contributed by atoms with Crippen LogP contribution in [0.4, 0.5) is 10.1 Å². The molecule has 3 aromatic carbocycles. The Morgan fingerprint density at radius 1 is 1.03 bits per heavy atom. The fourth-order valence-electron chi connectivity index (χ4n) is 4.70. The fraction of sp³-hybridized carbons (Fsp3) is 0.219. The molecule has 0 saturated heterocycles. The van der Waals surface area contributed by atoms with Gasteiger partial charge in [0, 0.05) is 10.6 Å². The smallest absolute Gasteiger partial charge is 0.214 e. The minimum absolute atomic E-state index is 0.133. The Hall–Kier alpha value is -3.37. The van der Waals surface area contributed by atoms with Gasteiger partial charge in [0.2, 0.25) is 5.97 Å². The second-order valence-electron chi connectivity index (χ2n) is 9.52. The largest absolute Gasteiger partial charge is 0.398 e. The Bertz CT molecular complexity index is 1360. The van der Waals surface area contributed by atoms with E-state index in [-0.39, 0.29) is 11.3 Å². The Kier molecular flexibility index (Phi) is 7.95. The van der Waals surface area contributed by atoms with E-state index in [0.717, 1.165) is 40.7 Å². The van der Waals surface area contributed by atoms with E-state index in [1.54, 1.807) is 23.9 Å². The molecule has 0 unspecified atom stereocenters. The highest BCUT2D eigenvalue weighted by Crippen LogP contribution is 2.46. The predicted molar refractivity (Wildman–Crippen MR) is 155 cm³/mol. The molecule has 3 N–H and O–H groups in total. The Morgan fingerprint density at radius 3 is 2.28 bits per heavy atom. The fourth-order valence-corrected chi connectivity index (χ4v) is 5.20. The molecule has 0 aromatic heterocycles. The van der Waals surface area contributed by atoms with Crippen LogP contribution in [-0.4, -0.2) is 12.2 Å². The molecule has 0 spiro atoms. The zero-order valence-corrected chi connectivity index (χ0v) is 22.0. The van der Waals surface area contributed by atoms with Gasteiger partial charge in [-0.15, -0.1) is 11.8 Å². The van der Waals surface area contributed by atoms with Crippen LogP contribution in [0, 0.1) is 18.3 Å². The highest BCUT2D eigenvalue weighted by atomic mass is 32.2. The van der Waals surface area contributed by atoms with E-state index in [9.17, 15) is 4.39 Å². The van der Waals surface area contributed by atoms with E-state index in [1.165, 1.54) is 28.0 Å². The number of hydrogen-bond acceptors (Lipinski definition) is 3. The van der Waals surface area contributed by atoms with Crippen LogP contribution in [0.15, 0.2) is 83.8 Å². The number of benzene rings is 3. The molecule has 1 aliphatic rings. The molecule has 4 rings (SSSR count). The summed E-state index contributed by atoms with van der Waals surface area (Å²) in [5, 5.41) is 7.63. The summed E-state index contributed by atoms with van der Waals surface area (Å²) in [4.78, 5) is 1.24. The first-order valence-corrected chi connectivity index (χ1v) is 13.5. The SMILES string of the molecule is C=C(C)/C=C/c1ccc(/C(=C(\c2ccc(SC)cc2C)C2CCC2)c2ccc(N)c(C(=N)F)c2)cc1. The molecular weight excluding hydrogens is 463 g/mol. The van der Waals surface area contributed by atoms with Crippen LogP contribution in [-0.2, 0) is 0 Å². The van der Waals surface area contributed by atoms with Crippen molar-refractivity contribution in [3.63, 3.8) is 0 Å². The normalized spacial score (nSPS) is 14.4. The lowest BCUT2D eigenvalue weighted by Gasteiger charge is -2.32. The predicted octanol–water partition coefficient (Wildman–Crippen LogP) is 8.94. The average Bonchev–Trinajstić information content (AvgIpc) is 2.82. The molecule has 184 valence electrons. The van der Waals surface area contributed by atoms with Crippen molar-refractivity contribution >= 4 is 40.6 Å². The summed E-state index contributed by atoms with van der Waals surface area (Å²) < 4.78 is 14.1. The number of hydrogen-bond donors (Lipinski definition) is 2. The third kappa shape index (κ3) is 5.55. The van der Waals surface area contributed by atoms with Gasteiger partial charge >= 0.3 is 0 Å². The van der Waals surface area contributed by atoms with Gasteiger partial charge in [-0.3, -0.25) is 5.41 Å². The molecule has 36 heavy (non-hydrogen) atoms. The van der Waals surface area contributed by atoms with Gasteiger partial charge in [0.05, 0.1) is 5.56 Å². The summed E-state index contributed by atoms with van der Waals surface area (Å²) in [5.41, 5.74) is 15.3. The third-order valence-electron chi connectivity index (χ3n) is 6.84. The van der Waals surface area contributed by atoms with Gasteiger partial charge in [0.15, 0.2) is 0 Å². The summed E-state index contributed by atoms with van der Waals surface area (Å²) in [5.74, 6) is -0.590. The molecule has 3 aromatic rings. The number of halogens is 1. The number of thioether (sulfide) groups is 1. The maximum Gasteiger partial charge on any atom is 0.214 e. The summed E-state index contributed by atoms with van der Waals surface area (Å²) in [6, 6.07) is 20.5. The molecule has 1 saturated carbocycles. The van der Waals surface area contributed by atoms with Crippen molar-refractivity contribution in [1.29, 1.82) is 5.41 Å². The average molecular weight is 497 g/mol. The first-order valence-electron chi connectivity index (χ1n) is 12.3.